The van der Waals surface area contributed by atoms with Gasteiger partial charge in [-0.3, -0.25) is 4.90 Å². The van der Waals surface area contributed by atoms with Gasteiger partial charge in [0.15, 0.2) is 0 Å². The highest BCUT2D eigenvalue weighted by molar-refractivity contribution is 5.86. The number of rotatable bonds is 1. The molecule has 4 heterocycles. The van der Waals surface area contributed by atoms with Crippen LogP contribution in [-0.2, 0) is 13.5 Å². The van der Waals surface area contributed by atoms with Crippen molar-refractivity contribution >= 4 is 10.9 Å². The van der Waals surface area contributed by atoms with Crippen molar-refractivity contribution in [3.05, 3.63) is 35.0 Å². The number of fused-ring (bicyclic) bond motifs is 4. The van der Waals surface area contributed by atoms with Crippen LogP contribution in [-0.4, -0.2) is 28.6 Å². The lowest BCUT2D eigenvalue weighted by atomic mass is 9.65. The number of nitrogens with zero attached hydrogens (tertiary/aromatic N) is 2. The van der Waals surface area contributed by atoms with Crippen LogP contribution < -0.4 is 0 Å². The van der Waals surface area contributed by atoms with E-state index in [-0.39, 0.29) is 0 Å². The molecule has 2 aromatic rings. The molecule has 1 aliphatic carbocycles. The Morgan fingerprint density at radius 2 is 2.09 bits per heavy atom. The Morgan fingerprint density at radius 1 is 1.22 bits per heavy atom. The quantitative estimate of drug-likeness (QED) is 0.765. The van der Waals surface area contributed by atoms with Crippen molar-refractivity contribution < 1.29 is 0 Å². The smallest absolute Gasteiger partial charge is 0.0483 e. The lowest BCUT2D eigenvalue weighted by molar-refractivity contribution is -0.0140. The largest absolute Gasteiger partial charge is 0.347 e. The van der Waals surface area contributed by atoms with Crippen LogP contribution >= 0.6 is 0 Å². The topological polar surface area (TPSA) is 8.17 Å². The van der Waals surface area contributed by atoms with Crippen LogP contribution in [0.2, 0.25) is 0 Å². The number of aromatic nitrogens is 1. The number of benzene rings is 1. The summed E-state index contributed by atoms with van der Waals surface area (Å²) in [7, 11) is 2.31. The summed E-state index contributed by atoms with van der Waals surface area (Å²) in [4.78, 5) is 2.86. The van der Waals surface area contributed by atoms with E-state index in [9.17, 15) is 0 Å². The summed E-state index contributed by atoms with van der Waals surface area (Å²) < 4.78 is 2.55. The Labute approximate surface area is 139 Å². The standard InChI is InChI=1S/C21H28N2/c1-4-15-10-14-11-18-20(15)23(12-14)8-7-16-17-9-13(2)5-6-19(17)22(3)21(16)18/h5-6,9,14-15,18,20H,4,7-8,10-12H2,1-3H3/t14-,15-,18+,20?/m0/s1. The molecule has 2 saturated heterocycles. The summed E-state index contributed by atoms with van der Waals surface area (Å²) in [6.45, 7) is 7.27. The van der Waals surface area contributed by atoms with Crippen molar-refractivity contribution in [2.75, 3.05) is 13.1 Å². The molecule has 2 heteroatoms. The van der Waals surface area contributed by atoms with Crippen molar-refractivity contribution in [1.29, 1.82) is 0 Å². The van der Waals surface area contributed by atoms with Crippen LogP contribution in [0.1, 0.15) is 48.9 Å². The molecule has 0 amide bonds. The van der Waals surface area contributed by atoms with Gasteiger partial charge in [0.2, 0.25) is 0 Å². The van der Waals surface area contributed by atoms with E-state index < -0.39 is 0 Å². The van der Waals surface area contributed by atoms with Crippen molar-refractivity contribution in [2.24, 2.45) is 18.9 Å². The highest BCUT2D eigenvalue weighted by atomic mass is 15.2. The zero-order valence-corrected chi connectivity index (χ0v) is 14.7. The van der Waals surface area contributed by atoms with Crippen molar-refractivity contribution in [3.8, 4) is 0 Å². The molecule has 2 nitrogen and oxygen atoms in total. The molecule has 4 bridgehead atoms. The third-order valence-corrected chi connectivity index (χ3v) is 7.07. The third kappa shape index (κ3) is 1.85. The fourth-order valence-electron chi connectivity index (χ4n) is 6.21. The first-order chi connectivity index (χ1) is 11.2. The molecule has 0 N–H and O–H groups in total. The summed E-state index contributed by atoms with van der Waals surface area (Å²) in [5.74, 6) is 2.61. The van der Waals surface area contributed by atoms with Crippen molar-refractivity contribution in [3.63, 3.8) is 0 Å². The molecule has 5 atom stereocenters. The van der Waals surface area contributed by atoms with Crippen LogP contribution in [0, 0.1) is 18.8 Å². The minimum atomic E-state index is 0.766. The molecule has 3 aliphatic heterocycles. The molecular weight excluding hydrogens is 280 g/mol. The lowest BCUT2D eigenvalue weighted by Crippen LogP contribution is -2.56. The van der Waals surface area contributed by atoms with Gasteiger partial charge in [0.25, 0.3) is 0 Å². The van der Waals surface area contributed by atoms with Gasteiger partial charge in [0.1, 0.15) is 0 Å². The van der Waals surface area contributed by atoms with Crippen molar-refractivity contribution in [2.45, 2.75) is 51.5 Å². The Morgan fingerprint density at radius 3 is 2.91 bits per heavy atom. The fourth-order valence-corrected chi connectivity index (χ4v) is 6.21. The Hall–Kier alpha value is -1.28. The van der Waals surface area contributed by atoms with Crippen LogP contribution in [0.5, 0.6) is 0 Å². The first kappa shape index (κ1) is 14.1. The summed E-state index contributed by atoms with van der Waals surface area (Å²) in [6, 6.07) is 7.84. The highest BCUT2D eigenvalue weighted by Gasteiger charge is 2.49. The van der Waals surface area contributed by atoms with E-state index in [0.29, 0.717) is 0 Å². The van der Waals surface area contributed by atoms with E-state index in [1.165, 1.54) is 55.2 Å². The number of piperidine rings is 2. The van der Waals surface area contributed by atoms with Gasteiger partial charge < -0.3 is 4.57 Å². The molecule has 1 aromatic heterocycles. The lowest BCUT2D eigenvalue weighted by Gasteiger charge is -2.53. The van der Waals surface area contributed by atoms with E-state index in [4.69, 9.17) is 0 Å². The molecule has 23 heavy (non-hydrogen) atoms. The van der Waals surface area contributed by atoms with E-state index in [2.05, 4.69) is 48.6 Å². The molecule has 1 aromatic carbocycles. The van der Waals surface area contributed by atoms with E-state index in [1.54, 1.807) is 11.3 Å². The molecule has 6 rings (SSSR count). The average Bonchev–Trinajstić information content (AvgIpc) is 2.76. The molecular formula is C21H28N2. The molecule has 0 spiro atoms. The average molecular weight is 308 g/mol. The molecule has 1 saturated carbocycles. The zero-order valence-electron chi connectivity index (χ0n) is 14.7. The Balaban J connectivity index is 1.74. The maximum atomic E-state index is 2.86. The van der Waals surface area contributed by atoms with Gasteiger partial charge in [0.05, 0.1) is 0 Å². The number of hydrogen-bond donors (Lipinski definition) is 0. The second-order valence-corrected chi connectivity index (χ2v) is 8.29. The van der Waals surface area contributed by atoms with Gasteiger partial charge in [-0.2, -0.15) is 0 Å². The van der Waals surface area contributed by atoms with Crippen LogP contribution in [0.4, 0.5) is 0 Å². The first-order valence-electron chi connectivity index (χ1n) is 9.49. The van der Waals surface area contributed by atoms with Gasteiger partial charge >= 0.3 is 0 Å². The molecule has 122 valence electrons. The Bertz CT molecular complexity index is 772. The summed E-state index contributed by atoms with van der Waals surface area (Å²) in [5, 5.41) is 1.53. The molecule has 4 aliphatic rings. The van der Waals surface area contributed by atoms with E-state index in [0.717, 1.165) is 23.8 Å². The normalized spacial score (nSPS) is 35.3. The Kier molecular flexibility index (Phi) is 2.98. The number of hydrogen-bond acceptors (Lipinski definition) is 1. The maximum absolute atomic E-state index is 2.86. The zero-order chi connectivity index (χ0) is 15.7. The molecule has 0 radical (unpaired) electrons. The van der Waals surface area contributed by atoms with Crippen LogP contribution in [0.15, 0.2) is 18.2 Å². The summed E-state index contributed by atoms with van der Waals surface area (Å²) >= 11 is 0. The second-order valence-electron chi connectivity index (χ2n) is 8.29. The predicted molar refractivity (Wildman–Crippen MR) is 96.0 cm³/mol. The minimum Gasteiger partial charge on any atom is -0.347 e. The SMILES string of the molecule is CC[C@H]1C[C@H]2C[C@H]3c4c(c5cc(C)ccc5n4C)CCN(C2)C13. The van der Waals surface area contributed by atoms with Crippen LogP contribution in [0.3, 0.4) is 0 Å². The van der Waals surface area contributed by atoms with Gasteiger partial charge in [-0.05, 0) is 55.7 Å². The molecule has 3 fully saturated rings. The number of aryl methyl sites for hydroxylation is 2. The minimum absolute atomic E-state index is 0.766. The predicted octanol–water partition coefficient (Wildman–Crippen LogP) is 4.25. The maximum Gasteiger partial charge on any atom is 0.0483 e. The van der Waals surface area contributed by atoms with Crippen molar-refractivity contribution in [1.82, 2.24) is 9.47 Å². The van der Waals surface area contributed by atoms with Gasteiger partial charge in [-0.15, -0.1) is 0 Å². The monoisotopic (exact) mass is 308 g/mol. The van der Waals surface area contributed by atoms with E-state index in [1.807, 2.05) is 0 Å². The summed E-state index contributed by atoms with van der Waals surface area (Å²) in [5.41, 5.74) is 6.19. The summed E-state index contributed by atoms with van der Waals surface area (Å²) in [6.07, 6.45) is 5.50. The van der Waals surface area contributed by atoms with Gasteiger partial charge in [0, 0.05) is 48.7 Å². The first-order valence-corrected chi connectivity index (χ1v) is 9.49. The van der Waals surface area contributed by atoms with Crippen LogP contribution in [0.25, 0.3) is 10.9 Å². The van der Waals surface area contributed by atoms with E-state index >= 15 is 0 Å². The highest BCUT2D eigenvalue weighted by Crippen LogP contribution is 2.51. The third-order valence-electron chi connectivity index (χ3n) is 7.07. The second kappa shape index (κ2) is 4.86. The molecule has 2 unspecified atom stereocenters. The fraction of sp³-hybridized carbons (Fsp3) is 0.619. The van der Waals surface area contributed by atoms with Gasteiger partial charge in [-0.25, -0.2) is 0 Å². The van der Waals surface area contributed by atoms with Gasteiger partial charge in [-0.1, -0.05) is 25.0 Å².